The summed E-state index contributed by atoms with van der Waals surface area (Å²) in [5.74, 6) is 0.457. The van der Waals surface area contributed by atoms with Crippen LogP contribution in [0.3, 0.4) is 0 Å². The first-order valence-corrected chi connectivity index (χ1v) is 13.6. The molecule has 2 amide bonds. The average molecular weight is 468 g/mol. The van der Waals surface area contributed by atoms with Crippen molar-refractivity contribution in [3.8, 4) is 0 Å². The lowest BCUT2D eigenvalue weighted by Gasteiger charge is -2.53. The highest BCUT2D eigenvalue weighted by Crippen LogP contribution is 2.57. The van der Waals surface area contributed by atoms with Gasteiger partial charge in [-0.25, -0.2) is 4.98 Å². The third-order valence-corrected chi connectivity index (χ3v) is 9.09. The number of thioether (sulfide) groups is 1. The van der Waals surface area contributed by atoms with Gasteiger partial charge in [-0.3, -0.25) is 9.59 Å². The summed E-state index contributed by atoms with van der Waals surface area (Å²) >= 11 is 3.07. The molecule has 6 atom stereocenters. The molecule has 1 aromatic rings. The third-order valence-electron chi connectivity index (χ3n) is 7.55. The number of aromatic nitrogens is 1. The van der Waals surface area contributed by atoms with E-state index in [-0.39, 0.29) is 40.9 Å². The Hall–Kier alpha value is -1.12. The van der Waals surface area contributed by atoms with E-state index in [4.69, 9.17) is 4.98 Å². The van der Waals surface area contributed by atoms with Crippen molar-refractivity contribution in [3.63, 3.8) is 0 Å². The van der Waals surface area contributed by atoms with Gasteiger partial charge in [0.1, 0.15) is 0 Å². The number of nitrogens with one attached hydrogen (secondary N) is 1. The molecule has 0 spiro atoms. The highest BCUT2D eigenvalue weighted by atomic mass is 32.2. The number of rotatable bonds is 7. The summed E-state index contributed by atoms with van der Waals surface area (Å²) in [6.07, 6.45) is 4.10. The molecular formula is C23H37N3O3S2. The number of carbonyl (C=O) groups excluding carboxylic acids is 2. The zero-order valence-corrected chi connectivity index (χ0v) is 21.2. The van der Waals surface area contributed by atoms with E-state index in [1.807, 2.05) is 31.9 Å². The Balaban J connectivity index is 1.83. The summed E-state index contributed by atoms with van der Waals surface area (Å²) in [7, 11) is 0. The Morgan fingerprint density at radius 3 is 2.68 bits per heavy atom. The van der Waals surface area contributed by atoms with Crippen molar-refractivity contribution in [1.82, 2.24) is 9.88 Å². The number of nitrogens with zero attached hydrogens (tertiary/aromatic N) is 2. The van der Waals surface area contributed by atoms with Gasteiger partial charge in [0.25, 0.3) is 0 Å². The predicted molar refractivity (Wildman–Crippen MR) is 129 cm³/mol. The molecule has 2 N–H and O–H groups in total. The summed E-state index contributed by atoms with van der Waals surface area (Å²) in [5, 5.41) is 15.1. The van der Waals surface area contributed by atoms with Gasteiger partial charge in [-0.2, -0.15) is 11.8 Å². The number of carbonyl (C=O) groups is 2. The number of thiazole rings is 1. The highest BCUT2D eigenvalue weighted by Gasteiger charge is 2.54. The fourth-order valence-electron chi connectivity index (χ4n) is 5.89. The number of anilines is 1. The van der Waals surface area contributed by atoms with Crippen LogP contribution in [0.15, 0.2) is 0 Å². The number of aliphatic hydroxyl groups is 1. The normalized spacial score (nSPS) is 30.8. The van der Waals surface area contributed by atoms with Gasteiger partial charge >= 0.3 is 0 Å². The Labute approximate surface area is 194 Å². The quantitative estimate of drug-likeness (QED) is 0.633. The van der Waals surface area contributed by atoms with Crippen LogP contribution in [0, 0.1) is 23.2 Å². The maximum atomic E-state index is 13.0. The first-order valence-electron chi connectivity index (χ1n) is 11.4. The van der Waals surface area contributed by atoms with Crippen molar-refractivity contribution < 1.29 is 14.7 Å². The van der Waals surface area contributed by atoms with Crippen LogP contribution in [0.25, 0.3) is 0 Å². The van der Waals surface area contributed by atoms with Crippen LogP contribution in [0.1, 0.15) is 63.9 Å². The van der Waals surface area contributed by atoms with E-state index in [9.17, 15) is 14.7 Å². The number of aliphatic hydroxyl groups excluding tert-OH is 1. The molecule has 0 bridgehead atoms. The molecule has 174 valence electrons. The number of hydrogen-bond acceptors (Lipinski definition) is 6. The standard InChI is InChI=1S/C23H37N3O3S2/c1-7-26(8-2)21(29)13(3)15-9-10-23(5)11-16-19(14(4)18(23)20(15)28)25-22(31-16)24-17(27)12-30-6/h13-15,18,20,28H,7-12H2,1-6H3,(H,24,25,27)/t13-,14-,15-,18+,20-,23-/m0/s1. The highest BCUT2D eigenvalue weighted by molar-refractivity contribution is 7.99. The first kappa shape index (κ1) is 24.5. The topological polar surface area (TPSA) is 82.5 Å². The van der Waals surface area contributed by atoms with Crippen LogP contribution in [0.5, 0.6) is 0 Å². The molecule has 6 nitrogen and oxygen atoms in total. The van der Waals surface area contributed by atoms with Gasteiger partial charge in [-0.15, -0.1) is 11.3 Å². The maximum Gasteiger partial charge on any atom is 0.236 e. The van der Waals surface area contributed by atoms with E-state index in [1.54, 1.807) is 11.3 Å². The minimum atomic E-state index is -0.535. The number of hydrogen-bond donors (Lipinski definition) is 2. The minimum Gasteiger partial charge on any atom is -0.392 e. The smallest absolute Gasteiger partial charge is 0.236 e. The molecule has 0 unspecified atom stereocenters. The van der Waals surface area contributed by atoms with Gasteiger partial charge < -0.3 is 15.3 Å². The fourth-order valence-corrected chi connectivity index (χ4v) is 7.51. The van der Waals surface area contributed by atoms with Crippen molar-refractivity contribution in [1.29, 1.82) is 0 Å². The van der Waals surface area contributed by atoms with Crippen molar-refractivity contribution >= 4 is 40.0 Å². The molecule has 3 rings (SSSR count). The van der Waals surface area contributed by atoms with E-state index in [2.05, 4.69) is 19.2 Å². The number of fused-ring (bicyclic) bond motifs is 2. The van der Waals surface area contributed by atoms with E-state index >= 15 is 0 Å². The maximum absolute atomic E-state index is 13.0. The molecule has 1 fully saturated rings. The number of amides is 2. The summed E-state index contributed by atoms with van der Waals surface area (Å²) in [5.41, 5.74) is 0.988. The van der Waals surface area contributed by atoms with Crippen molar-refractivity contribution in [3.05, 3.63) is 10.6 Å². The largest absolute Gasteiger partial charge is 0.392 e. The van der Waals surface area contributed by atoms with Crippen molar-refractivity contribution in [2.45, 2.75) is 65.9 Å². The zero-order valence-electron chi connectivity index (χ0n) is 19.6. The van der Waals surface area contributed by atoms with Crippen LogP contribution in [-0.2, 0) is 16.0 Å². The summed E-state index contributed by atoms with van der Waals surface area (Å²) < 4.78 is 0. The molecule has 0 aromatic carbocycles. The molecule has 8 heteroatoms. The molecule has 0 saturated heterocycles. The van der Waals surface area contributed by atoms with Gasteiger partial charge in [0.2, 0.25) is 11.8 Å². The second-order valence-electron chi connectivity index (χ2n) is 9.45. The second kappa shape index (κ2) is 9.79. The molecule has 1 heterocycles. The summed E-state index contributed by atoms with van der Waals surface area (Å²) in [6.45, 7) is 11.8. The SMILES string of the molecule is CCN(CC)C(=O)[C@@H](C)[C@@H]1CC[C@@]2(C)Cc3sc(NC(=O)CSC)nc3[C@@H](C)[C@@H]2[C@H]1O. The van der Waals surface area contributed by atoms with Crippen LogP contribution in [0.4, 0.5) is 5.13 Å². The van der Waals surface area contributed by atoms with Crippen molar-refractivity contribution in [2.24, 2.45) is 23.2 Å². The van der Waals surface area contributed by atoms with Crippen LogP contribution < -0.4 is 5.32 Å². The van der Waals surface area contributed by atoms with Crippen LogP contribution >= 0.6 is 23.1 Å². The molecule has 2 aliphatic rings. The molecule has 0 aliphatic heterocycles. The van der Waals surface area contributed by atoms with Crippen LogP contribution in [0.2, 0.25) is 0 Å². The fraction of sp³-hybridized carbons (Fsp3) is 0.783. The average Bonchev–Trinajstić information content (AvgIpc) is 3.10. The molecular weight excluding hydrogens is 430 g/mol. The van der Waals surface area contributed by atoms with Gasteiger partial charge in [-0.05, 0) is 56.6 Å². The molecule has 31 heavy (non-hydrogen) atoms. The summed E-state index contributed by atoms with van der Waals surface area (Å²) in [6, 6.07) is 0. The van der Waals surface area contributed by atoms with E-state index in [0.717, 1.165) is 25.0 Å². The second-order valence-corrected chi connectivity index (χ2v) is 11.4. The van der Waals surface area contributed by atoms with Gasteiger partial charge in [0.05, 0.1) is 17.6 Å². The molecule has 2 aliphatic carbocycles. The predicted octanol–water partition coefficient (Wildman–Crippen LogP) is 4.00. The van der Waals surface area contributed by atoms with Crippen LogP contribution in [-0.4, -0.2) is 58.0 Å². The Morgan fingerprint density at radius 1 is 1.39 bits per heavy atom. The summed E-state index contributed by atoms with van der Waals surface area (Å²) in [4.78, 5) is 32.9. The van der Waals surface area contributed by atoms with E-state index in [1.165, 1.54) is 16.6 Å². The lowest BCUT2D eigenvalue weighted by molar-refractivity contribution is -0.144. The van der Waals surface area contributed by atoms with Gasteiger partial charge in [-0.1, -0.05) is 20.8 Å². The molecule has 1 aromatic heterocycles. The Morgan fingerprint density at radius 2 is 2.06 bits per heavy atom. The van der Waals surface area contributed by atoms with E-state index < -0.39 is 6.10 Å². The Bertz CT molecular complexity index is 810. The monoisotopic (exact) mass is 467 g/mol. The zero-order chi connectivity index (χ0) is 22.9. The van der Waals surface area contributed by atoms with Crippen molar-refractivity contribution in [2.75, 3.05) is 30.4 Å². The third kappa shape index (κ3) is 4.67. The van der Waals surface area contributed by atoms with Gasteiger partial charge in [0.15, 0.2) is 5.13 Å². The molecule has 1 saturated carbocycles. The van der Waals surface area contributed by atoms with E-state index in [0.29, 0.717) is 24.0 Å². The lowest BCUT2D eigenvalue weighted by Crippen LogP contribution is -2.53. The minimum absolute atomic E-state index is 0.0205. The van der Waals surface area contributed by atoms with Gasteiger partial charge in [0, 0.05) is 29.8 Å². The first-order chi connectivity index (χ1) is 14.7. The Kier molecular flexibility index (Phi) is 7.75. The molecule has 0 radical (unpaired) electrons. The lowest BCUT2D eigenvalue weighted by atomic mass is 9.53.